The molecule has 0 saturated heterocycles. The largest absolute Gasteiger partial charge is 0.456 e. The SMILES string of the molecule is CC1(C)c2ccccc2-c2cc(-c3nc(-c4ccc5c(c4)oc4cccc(-c6ccc(-c7ccccc7)cc6)c45)nc(-n4c5ccccc5c5ccccc54)n3)ccc21. The molecule has 0 amide bonds. The number of rotatable bonds is 5. The highest BCUT2D eigenvalue weighted by Gasteiger charge is 2.35. The fourth-order valence-electron chi connectivity index (χ4n) is 9.40. The van der Waals surface area contributed by atoms with E-state index in [1.54, 1.807) is 0 Å². The van der Waals surface area contributed by atoms with Crippen LogP contribution in [0, 0.1) is 0 Å². The number of nitrogens with zero attached hydrogens (tertiary/aromatic N) is 4. The zero-order chi connectivity index (χ0) is 39.2. The smallest absolute Gasteiger partial charge is 0.238 e. The number of aromatic nitrogens is 4. The molecule has 12 rings (SSSR count). The molecule has 0 atom stereocenters. The molecule has 5 heteroatoms. The molecule has 1 aliphatic carbocycles. The minimum Gasteiger partial charge on any atom is -0.456 e. The Labute approximate surface area is 340 Å². The van der Waals surface area contributed by atoms with Gasteiger partial charge < -0.3 is 4.42 Å². The number of fused-ring (bicyclic) bond motifs is 9. The van der Waals surface area contributed by atoms with Crippen molar-refractivity contribution in [2.75, 3.05) is 0 Å². The second-order valence-corrected chi connectivity index (χ2v) is 16.0. The number of furan rings is 1. The molecule has 3 aromatic heterocycles. The Bertz CT molecular complexity index is 3410. The summed E-state index contributed by atoms with van der Waals surface area (Å²) in [7, 11) is 0. The highest BCUT2D eigenvalue weighted by atomic mass is 16.3. The van der Waals surface area contributed by atoms with Crippen LogP contribution in [0.1, 0.15) is 25.0 Å². The van der Waals surface area contributed by atoms with Gasteiger partial charge in [-0.3, -0.25) is 4.57 Å². The van der Waals surface area contributed by atoms with Gasteiger partial charge in [0.2, 0.25) is 5.95 Å². The van der Waals surface area contributed by atoms with E-state index in [-0.39, 0.29) is 5.41 Å². The predicted octanol–water partition coefficient (Wildman–Crippen LogP) is 13.8. The molecule has 5 nitrogen and oxygen atoms in total. The summed E-state index contributed by atoms with van der Waals surface area (Å²) in [6.45, 7) is 4.61. The third-order valence-electron chi connectivity index (χ3n) is 12.3. The van der Waals surface area contributed by atoms with Crippen molar-refractivity contribution in [2.45, 2.75) is 19.3 Å². The normalized spacial score (nSPS) is 13.1. The third-order valence-corrected chi connectivity index (χ3v) is 12.3. The van der Waals surface area contributed by atoms with Crippen LogP contribution in [0.4, 0.5) is 0 Å². The summed E-state index contributed by atoms with van der Waals surface area (Å²) in [4.78, 5) is 15.8. The van der Waals surface area contributed by atoms with Gasteiger partial charge in [-0.2, -0.15) is 9.97 Å². The average Bonchev–Trinajstić information content (AvgIpc) is 3.91. The molecule has 278 valence electrons. The maximum atomic E-state index is 6.63. The zero-order valence-electron chi connectivity index (χ0n) is 32.5. The molecular weight excluding hydrogens is 721 g/mol. The Morgan fingerprint density at radius 1 is 0.407 bits per heavy atom. The maximum absolute atomic E-state index is 6.63. The van der Waals surface area contributed by atoms with Crippen LogP contribution >= 0.6 is 0 Å². The molecule has 3 heterocycles. The summed E-state index contributed by atoms with van der Waals surface area (Å²) >= 11 is 0. The van der Waals surface area contributed by atoms with Gasteiger partial charge in [0.1, 0.15) is 11.2 Å². The van der Waals surface area contributed by atoms with Crippen LogP contribution in [-0.2, 0) is 5.41 Å². The molecular formula is C54H36N4O. The van der Waals surface area contributed by atoms with E-state index in [0.717, 1.165) is 66.0 Å². The van der Waals surface area contributed by atoms with Gasteiger partial charge >= 0.3 is 0 Å². The monoisotopic (exact) mass is 756 g/mol. The topological polar surface area (TPSA) is 56.7 Å². The Balaban J connectivity index is 1.04. The minimum absolute atomic E-state index is 0.101. The van der Waals surface area contributed by atoms with E-state index in [0.29, 0.717) is 17.6 Å². The molecule has 0 fully saturated rings. The Kier molecular flexibility index (Phi) is 7.20. The number of hydrogen-bond donors (Lipinski definition) is 0. The Hall–Kier alpha value is -7.63. The Morgan fingerprint density at radius 3 is 1.75 bits per heavy atom. The standard InChI is InChI=1S/C54H36N4O/c1-54(2)44-19-9-6-15-39(44)43-31-36(28-30-45(43)54)51-55-52(57-53(56-51)58-46-20-10-7-16-40(46)41-17-8-11-21-47(41)58)37-27-29-42-49(32-37)59-48-22-12-18-38(50(42)48)35-25-23-34(24-26-35)33-13-4-3-5-14-33/h3-32H,1-2H3. The van der Waals surface area contributed by atoms with E-state index in [1.165, 1.54) is 33.4 Å². The zero-order valence-corrected chi connectivity index (χ0v) is 32.5. The molecule has 0 saturated carbocycles. The second-order valence-electron chi connectivity index (χ2n) is 16.0. The van der Waals surface area contributed by atoms with Crippen molar-refractivity contribution < 1.29 is 4.42 Å². The van der Waals surface area contributed by atoms with Gasteiger partial charge in [0, 0.05) is 38.1 Å². The summed E-state index contributed by atoms with van der Waals surface area (Å²) in [5, 5.41) is 4.43. The molecule has 1 aliphatic rings. The Morgan fingerprint density at radius 2 is 0.983 bits per heavy atom. The molecule has 59 heavy (non-hydrogen) atoms. The van der Waals surface area contributed by atoms with Gasteiger partial charge in [-0.05, 0) is 80.9 Å². The molecule has 11 aromatic rings. The van der Waals surface area contributed by atoms with Crippen LogP contribution in [0.2, 0.25) is 0 Å². The minimum atomic E-state index is -0.101. The molecule has 8 aromatic carbocycles. The fourth-order valence-corrected chi connectivity index (χ4v) is 9.40. The van der Waals surface area contributed by atoms with Gasteiger partial charge in [-0.1, -0.05) is 159 Å². The predicted molar refractivity (Wildman–Crippen MR) is 241 cm³/mol. The van der Waals surface area contributed by atoms with Gasteiger partial charge in [0.25, 0.3) is 0 Å². The van der Waals surface area contributed by atoms with Gasteiger partial charge in [-0.25, -0.2) is 4.98 Å². The number of benzene rings is 8. The van der Waals surface area contributed by atoms with E-state index in [1.807, 2.05) is 12.1 Å². The molecule has 0 radical (unpaired) electrons. The first-order chi connectivity index (χ1) is 29.0. The van der Waals surface area contributed by atoms with Crippen molar-refractivity contribution in [1.29, 1.82) is 0 Å². The van der Waals surface area contributed by atoms with Crippen molar-refractivity contribution >= 4 is 43.7 Å². The van der Waals surface area contributed by atoms with E-state index in [9.17, 15) is 0 Å². The van der Waals surface area contributed by atoms with Crippen LogP contribution < -0.4 is 0 Å². The highest BCUT2D eigenvalue weighted by Crippen LogP contribution is 2.49. The van der Waals surface area contributed by atoms with Crippen LogP contribution in [0.25, 0.3) is 106 Å². The van der Waals surface area contributed by atoms with Crippen molar-refractivity contribution in [3.63, 3.8) is 0 Å². The first-order valence-electron chi connectivity index (χ1n) is 20.1. The van der Waals surface area contributed by atoms with E-state index in [2.05, 4.69) is 188 Å². The third kappa shape index (κ3) is 5.14. The van der Waals surface area contributed by atoms with Crippen molar-refractivity contribution in [2.24, 2.45) is 0 Å². The van der Waals surface area contributed by atoms with Crippen LogP contribution in [-0.4, -0.2) is 19.5 Å². The molecule has 0 spiro atoms. The lowest BCUT2D eigenvalue weighted by Gasteiger charge is -2.21. The summed E-state index contributed by atoms with van der Waals surface area (Å²) in [6, 6.07) is 64.2. The van der Waals surface area contributed by atoms with Gasteiger partial charge in [0.05, 0.1) is 11.0 Å². The lowest BCUT2D eigenvalue weighted by molar-refractivity contribution is 0.660. The average molecular weight is 757 g/mol. The lowest BCUT2D eigenvalue weighted by Crippen LogP contribution is -2.14. The summed E-state index contributed by atoms with van der Waals surface area (Å²) in [5.41, 5.74) is 15.2. The molecule has 0 bridgehead atoms. The highest BCUT2D eigenvalue weighted by molar-refractivity contribution is 6.13. The van der Waals surface area contributed by atoms with Crippen molar-refractivity contribution in [3.8, 4) is 62.1 Å². The van der Waals surface area contributed by atoms with E-state index in [4.69, 9.17) is 19.4 Å². The van der Waals surface area contributed by atoms with Gasteiger partial charge in [-0.15, -0.1) is 0 Å². The summed E-state index contributed by atoms with van der Waals surface area (Å²) in [5.74, 6) is 1.75. The van der Waals surface area contributed by atoms with Crippen molar-refractivity contribution in [1.82, 2.24) is 19.5 Å². The molecule has 0 aliphatic heterocycles. The van der Waals surface area contributed by atoms with Crippen molar-refractivity contribution in [3.05, 3.63) is 193 Å². The summed E-state index contributed by atoms with van der Waals surface area (Å²) < 4.78 is 8.80. The van der Waals surface area contributed by atoms with E-state index < -0.39 is 0 Å². The lowest BCUT2D eigenvalue weighted by atomic mass is 9.82. The molecule has 0 unspecified atom stereocenters. The quantitative estimate of drug-likeness (QED) is 0.175. The summed E-state index contributed by atoms with van der Waals surface area (Å²) in [6.07, 6.45) is 0. The molecule has 0 N–H and O–H groups in total. The van der Waals surface area contributed by atoms with E-state index >= 15 is 0 Å². The first kappa shape index (κ1) is 33.5. The van der Waals surface area contributed by atoms with Crippen LogP contribution in [0.3, 0.4) is 0 Å². The number of para-hydroxylation sites is 2. The fraction of sp³-hybridized carbons (Fsp3) is 0.0556. The first-order valence-corrected chi connectivity index (χ1v) is 20.1. The number of hydrogen-bond acceptors (Lipinski definition) is 4. The second kappa shape index (κ2) is 12.7. The maximum Gasteiger partial charge on any atom is 0.238 e. The van der Waals surface area contributed by atoms with Crippen LogP contribution in [0.15, 0.2) is 186 Å². The van der Waals surface area contributed by atoms with Gasteiger partial charge in [0.15, 0.2) is 11.6 Å². The van der Waals surface area contributed by atoms with Crippen LogP contribution in [0.5, 0.6) is 0 Å².